The standard InChI is InChI=1S/C18H32F2N2O5S/c1-5-6-9-7-10(22(3)8-9)16(26)21-15(18(2,19)20)14-12(24)11(23)13(25)17(27-14)28-4/h9-15,17,23-25H,5-8H2,1-4H3,(H,21,26)/t9-,10+,11+,12-,13-,14+,15+,17-/m1/s1. The number of aliphatic hydroxyl groups is 3. The molecule has 2 fully saturated rings. The lowest BCUT2D eigenvalue weighted by Gasteiger charge is -2.44. The highest BCUT2D eigenvalue weighted by Gasteiger charge is 2.53. The first-order valence-electron chi connectivity index (χ1n) is 9.62. The van der Waals surface area contributed by atoms with Gasteiger partial charge in [-0.15, -0.1) is 11.8 Å². The lowest BCUT2D eigenvalue weighted by Crippen LogP contribution is -2.67. The van der Waals surface area contributed by atoms with Gasteiger partial charge >= 0.3 is 0 Å². The molecule has 2 aliphatic heterocycles. The number of likely N-dealkylation sites (N-methyl/N-ethyl adjacent to an activating group) is 1. The average molecular weight is 427 g/mol. The van der Waals surface area contributed by atoms with Crippen LogP contribution in [0.2, 0.25) is 0 Å². The fourth-order valence-electron chi connectivity index (χ4n) is 4.12. The maximum absolute atomic E-state index is 14.4. The summed E-state index contributed by atoms with van der Waals surface area (Å²) >= 11 is 1.03. The molecule has 0 aromatic rings. The first-order chi connectivity index (χ1) is 13.0. The third-order valence-electron chi connectivity index (χ3n) is 5.65. The lowest BCUT2D eigenvalue weighted by molar-refractivity contribution is -0.223. The van der Waals surface area contributed by atoms with Gasteiger partial charge in [-0.1, -0.05) is 13.3 Å². The van der Waals surface area contributed by atoms with Crippen LogP contribution in [0.15, 0.2) is 0 Å². The minimum absolute atomic E-state index is 0.334. The zero-order valence-electron chi connectivity index (χ0n) is 16.7. The number of carbonyl (C=O) groups is 1. The molecule has 0 aliphatic carbocycles. The van der Waals surface area contributed by atoms with Gasteiger partial charge in [0.05, 0.1) is 6.04 Å². The van der Waals surface area contributed by atoms with Crippen molar-refractivity contribution in [2.24, 2.45) is 5.92 Å². The molecule has 2 rings (SSSR count). The summed E-state index contributed by atoms with van der Waals surface area (Å²) in [4.78, 5) is 14.6. The van der Waals surface area contributed by atoms with Crippen molar-refractivity contribution < 1.29 is 33.6 Å². The van der Waals surface area contributed by atoms with Gasteiger partial charge in [-0.2, -0.15) is 0 Å². The zero-order valence-corrected chi connectivity index (χ0v) is 17.5. The van der Waals surface area contributed by atoms with Crippen LogP contribution in [0, 0.1) is 5.92 Å². The van der Waals surface area contributed by atoms with Crippen molar-refractivity contribution in [2.75, 3.05) is 19.8 Å². The average Bonchev–Trinajstić information content (AvgIpc) is 2.98. The third kappa shape index (κ3) is 5.14. The van der Waals surface area contributed by atoms with E-state index in [0.29, 0.717) is 19.3 Å². The number of alkyl halides is 2. The number of likely N-dealkylation sites (tertiary alicyclic amines) is 1. The highest BCUT2D eigenvalue weighted by molar-refractivity contribution is 7.99. The molecule has 0 aromatic heterocycles. The summed E-state index contributed by atoms with van der Waals surface area (Å²) in [6, 6.07) is -2.38. The minimum Gasteiger partial charge on any atom is -0.388 e. The predicted octanol–water partition coefficient (Wildman–Crippen LogP) is 0.417. The van der Waals surface area contributed by atoms with E-state index in [0.717, 1.165) is 31.1 Å². The van der Waals surface area contributed by atoms with Crippen molar-refractivity contribution in [1.29, 1.82) is 0 Å². The second kappa shape index (κ2) is 9.53. The number of hydrogen-bond acceptors (Lipinski definition) is 7. The largest absolute Gasteiger partial charge is 0.388 e. The summed E-state index contributed by atoms with van der Waals surface area (Å²) in [6.45, 7) is 3.42. The second-order valence-electron chi connectivity index (χ2n) is 7.96. The molecule has 0 saturated carbocycles. The second-order valence-corrected chi connectivity index (χ2v) is 8.90. The van der Waals surface area contributed by atoms with Gasteiger partial charge in [0.2, 0.25) is 5.91 Å². The number of halogens is 2. The number of amides is 1. The van der Waals surface area contributed by atoms with Crippen LogP contribution >= 0.6 is 11.8 Å². The van der Waals surface area contributed by atoms with Gasteiger partial charge in [0.25, 0.3) is 5.92 Å². The van der Waals surface area contributed by atoms with Crippen LogP contribution in [-0.2, 0) is 9.53 Å². The van der Waals surface area contributed by atoms with E-state index in [9.17, 15) is 28.9 Å². The summed E-state index contributed by atoms with van der Waals surface area (Å²) in [7, 11) is 1.79. The van der Waals surface area contributed by atoms with Gasteiger partial charge in [0.1, 0.15) is 35.9 Å². The molecule has 0 aromatic carbocycles. The molecule has 0 radical (unpaired) electrons. The van der Waals surface area contributed by atoms with Crippen LogP contribution in [-0.4, -0.2) is 93.8 Å². The Hall–Kier alpha value is -0.520. The van der Waals surface area contributed by atoms with Crippen LogP contribution in [0.5, 0.6) is 0 Å². The molecule has 164 valence electrons. The van der Waals surface area contributed by atoms with Crippen molar-refractivity contribution in [3.8, 4) is 0 Å². The molecule has 0 bridgehead atoms. The van der Waals surface area contributed by atoms with Gasteiger partial charge in [-0.05, 0) is 32.1 Å². The molecule has 1 amide bonds. The van der Waals surface area contributed by atoms with E-state index >= 15 is 0 Å². The molecule has 7 nitrogen and oxygen atoms in total. The van der Waals surface area contributed by atoms with Gasteiger partial charge < -0.3 is 25.4 Å². The zero-order chi connectivity index (χ0) is 21.2. The van der Waals surface area contributed by atoms with Crippen molar-refractivity contribution in [3.63, 3.8) is 0 Å². The Bertz CT molecular complexity index is 537. The van der Waals surface area contributed by atoms with Crippen LogP contribution in [0.25, 0.3) is 0 Å². The monoisotopic (exact) mass is 426 g/mol. The highest BCUT2D eigenvalue weighted by atomic mass is 32.2. The van der Waals surface area contributed by atoms with E-state index in [1.54, 1.807) is 13.3 Å². The van der Waals surface area contributed by atoms with Gasteiger partial charge in [-0.25, -0.2) is 8.78 Å². The molecule has 0 spiro atoms. The summed E-state index contributed by atoms with van der Waals surface area (Å²) in [5.74, 6) is -3.63. The van der Waals surface area contributed by atoms with E-state index in [1.807, 2.05) is 4.90 Å². The molecule has 10 heteroatoms. The van der Waals surface area contributed by atoms with Crippen molar-refractivity contribution in [1.82, 2.24) is 10.2 Å². The predicted molar refractivity (Wildman–Crippen MR) is 102 cm³/mol. The number of rotatable bonds is 7. The maximum Gasteiger partial charge on any atom is 0.267 e. The van der Waals surface area contributed by atoms with Crippen LogP contribution in [0.4, 0.5) is 8.78 Å². The van der Waals surface area contributed by atoms with Gasteiger partial charge in [0.15, 0.2) is 0 Å². The quantitative estimate of drug-likeness (QED) is 0.468. The van der Waals surface area contributed by atoms with Crippen LogP contribution in [0.1, 0.15) is 33.1 Å². The van der Waals surface area contributed by atoms with Gasteiger partial charge in [-0.3, -0.25) is 9.69 Å². The molecule has 4 N–H and O–H groups in total. The number of carbonyl (C=O) groups excluding carboxylic acids is 1. The number of aliphatic hydroxyl groups excluding tert-OH is 3. The van der Waals surface area contributed by atoms with Crippen molar-refractivity contribution >= 4 is 17.7 Å². The fourth-order valence-corrected chi connectivity index (χ4v) is 4.80. The van der Waals surface area contributed by atoms with E-state index in [1.165, 1.54) is 0 Å². The molecular weight excluding hydrogens is 394 g/mol. The van der Waals surface area contributed by atoms with E-state index < -0.39 is 53.8 Å². The Morgan fingerprint density at radius 2 is 1.96 bits per heavy atom. The van der Waals surface area contributed by atoms with E-state index in [-0.39, 0.29) is 0 Å². The Balaban J connectivity index is 2.17. The Morgan fingerprint density at radius 3 is 2.50 bits per heavy atom. The molecular formula is C18H32F2N2O5S. The number of hydrogen-bond donors (Lipinski definition) is 4. The molecule has 2 saturated heterocycles. The highest BCUT2D eigenvalue weighted by Crippen LogP contribution is 2.34. The number of thioether (sulfide) groups is 1. The van der Waals surface area contributed by atoms with E-state index in [4.69, 9.17) is 4.74 Å². The maximum atomic E-state index is 14.4. The SMILES string of the molecule is CCC[C@@H]1C[C@@H](C(=O)N[C@@H]([C@H]2O[C@H](SC)[C@H](O)[C@@H](O)[C@H]2O)C(C)(F)F)N(C)C1. The first-order valence-corrected chi connectivity index (χ1v) is 10.9. The normalized spacial score (nSPS) is 38.4. The number of nitrogens with zero attached hydrogens (tertiary/aromatic N) is 1. The van der Waals surface area contributed by atoms with Gasteiger partial charge in [0, 0.05) is 13.5 Å². The summed E-state index contributed by atoms with van der Waals surface area (Å²) < 4.78 is 34.2. The van der Waals surface area contributed by atoms with Crippen LogP contribution < -0.4 is 5.32 Å². The Kier molecular flexibility index (Phi) is 8.08. The van der Waals surface area contributed by atoms with E-state index in [2.05, 4.69) is 12.2 Å². The minimum atomic E-state index is -3.41. The summed E-state index contributed by atoms with van der Waals surface area (Å²) in [5, 5.41) is 32.6. The number of ether oxygens (including phenoxy) is 1. The fraction of sp³-hybridized carbons (Fsp3) is 0.944. The Labute approximate surface area is 168 Å². The Morgan fingerprint density at radius 1 is 1.32 bits per heavy atom. The molecule has 2 aliphatic rings. The summed E-state index contributed by atoms with van der Waals surface area (Å²) in [6.07, 6.45) is -2.26. The van der Waals surface area contributed by atoms with Crippen LogP contribution in [0.3, 0.4) is 0 Å². The molecule has 8 atom stereocenters. The molecule has 0 unspecified atom stereocenters. The summed E-state index contributed by atoms with van der Waals surface area (Å²) in [5.41, 5.74) is -0.992. The lowest BCUT2D eigenvalue weighted by atomic mass is 9.91. The first kappa shape index (κ1) is 23.8. The topological polar surface area (TPSA) is 102 Å². The van der Waals surface area contributed by atoms with Crippen molar-refractivity contribution in [3.05, 3.63) is 0 Å². The smallest absolute Gasteiger partial charge is 0.267 e. The molecule has 2 heterocycles. The number of nitrogens with one attached hydrogen (secondary N) is 1. The third-order valence-corrected chi connectivity index (χ3v) is 6.50. The molecule has 28 heavy (non-hydrogen) atoms. The van der Waals surface area contributed by atoms with Crippen molar-refractivity contribution in [2.45, 2.75) is 81.0 Å².